The van der Waals surface area contributed by atoms with Crippen LogP contribution in [-0.4, -0.2) is 30.6 Å². The highest BCUT2D eigenvalue weighted by Gasteiger charge is 2.05. The van der Waals surface area contributed by atoms with Gasteiger partial charge >= 0.3 is 0 Å². The van der Waals surface area contributed by atoms with Crippen LogP contribution in [0.2, 0.25) is 0 Å². The molecule has 3 N–H and O–H groups in total. The van der Waals surface area contributed by atoms with Crippen LogP contribution in [0.15, 0.2) is 53.2 Å². The number of carbonyl (C=O) groups is 2. The molecule has 0 saturated carbocycles. The Kier molecular flexibility index (Phi) is 7.19. The van der Waals surface area contributed by atoms with E-state index < -0.39 is 11.8 Å². The molecule has 0 spiro atoms. The average Bonchev–Trinajstić information content (AvgIpc) is 3.17. The summed E-state index contributed by atoms with van der Waals surface area (Å²) in [7, 11) is 1.56. The third-order valence-electron chi connectivity index (χ3n) is 2.92. The number of amides is 2. The van der Waals surface area contributed by atoms with Gasteiger partial charge in [-0.05, 0) is 54.7 Å². The summed E-state index contributed by atoms with van der Waals surface area (Å²) in [6.45, 7) is -0.228. The lowest BCUT2D eigenvalue weighted by atomic mass is 10.3. The highest BCUT2D eigenvalue weighted by Crippen LogP contribution is 2.16. The van der Waals surface area contributed by atoms with Gasteiger partial charge in [0.05, 0.1) is 13.4 Å². The monoisotopic (exact) mass is 375 g/mol. The summed E-state index contributed by atoms with van der Waals surface area (Å²) in [5.74, 6) is 0.791. The topological polar surface area (TPSA) is 102 Å². The van der Waals surface area contributed by atoms with Crippen LogP contribution in [0.4, 0.5) is 0 Å². The second kappa shape index (κ2) is 9.84. The first-order chi connectivity index (χ1) is 12.6. The van der Waals surface area contributed by atoms with E-state index in [1.54, 1.807) is 43.5 Å². The number of hydrogen-bond acceptors (Lipinski definition) is 6. The Labute approximate surface area is 155 Å². The van der Waals surface area contributed by atoms with Crippen LogP contribution in [0.1, 0.15) is 5.76 Å². The summed E-state index contributed by atoms with van der Waals surface area (Å²) in [5.41, 5.74) is 4.72. The quantitative estimate of drug-likeness (QED) is 0.398. The minimum Gasteiger partial charge on any atom is -0.497 e. The van der Waals surface area contributed by atoms with Gasteiger partial charge in [-0.25, -0.2) is 0 Å². The largest absolute Gasteiger partial charge is 0.497 e. The molecule has 0 aliphatic heterocycles. The van der Waals surface area contributed by atoms with Crippen molar-refractivity contribution in [1.29, 1.82) is 0 Å². The summed E-state index contributed by atoms with van der Waals surface area (Å²) in [6.07, 6.45) is 4.23. The average molecular weight is 375 g/mol. The van der Waals surface area contributed by atoms with Gasteiger partial charge in [-0.1, -0.05) is 0 Å². The van der Waals surface area contributed by atoms with Crippen LogP contribution in [0.3, 0.4) is 0 Å². The van der Waals surface area contributed by atoms with E-state index in [-0.39, 0.29) is 11.7 Å². The Morgan fingerprint density at radius 3 is 2.54 bits per heavy atom. The zero-order chi connectivity index (χ0) is 18.8. The number of hydrazine groups is 1. The molecule has 136 valence electrons. The summed E-state index contributed by atoms with van der Waals surface area (Å²) < 4.78 is 15.4. The lowest BCUT2D eigenvalue weighted by molar-refractivity contribution is -0.123. The fraction of sp³-hybridized carbons (Fsp3) is 0.118. The molecule has 0 bridgehead atoms. The van der Waals surface area contributed by atoms with Gasteiger partial charge in [-0.15, -0.1) is 0 Å². The van der Waals surface area contributed by atoms with Crippen LogP contribution in [0.25, 0.3) is 6.08 Å². The highest BCUT2D eigenvalue weighted by molar-refractivity contribution is 7.80. The minimum absolute atomic E-state index is 0.0584. The molecule has 2 aromatic rings. The molecule has 1 aromatic carbocycles. The first-order valence-corrected chi connectivity index (χ1v) is 7.86. The van der Waals surface area contributed by atoms with E-state index >= 15 is 0 Å². The maximum absolute atomic E-state index is 11.7. The first kappa shape index (κ1) is 19.0. The molecule has 0 saturated heterocycles. The number of furan rings is 1. The summed E-state index contributed by atoms with van der Waals surface area (Å²) in [4.78, 5) is 23.3. The predicted octanol–water partition coefficient (Wildman–Crippen LogP) is 1.40. The molecule has 9 heteroatoms. The molecule has 8 nitrogen and oxygen atoms in total. The fourth-order valence-electron chi connectivity index (χ4n) is 1.71. The van der Waals surface area contributed by atoms with Crippen molar-refractivity contribution < 1.29 is 23.5 Å². The van der Waals surface area contributed by atoms with Crippen molar-refractivity contribution in [3.63, 3.8) is 0 Å². The normalized spacial score (nSPS) is 10.2. The number of rotatable bonds is 6. The first-order valence-electron chi connectivity index (χ1n) is 7.45. The van der Waals surface area contributed by atoms with Gasteiger partial charge in [-0.2, -0.15) is 0 Å². The summed E-state index contributed by atoms with van der Waals surface area (Å²) in [5, 5.41) is 2.31. The maximum atomic E-state index is 11.7. The van der Waals surface area contributed by atoms with Crippen molar-refractivity contribution in [2.24, 2.45) is 0 Å². The van der Waals surface area contributed by atoms with E-state index in [2.05, 4.69) is 16.2 Å². The van der Waals surface area contributed by atoms with Crippen LogP contribution < -0.4 is 25.6 Å². The van der Waals surface area contributed by atoms with Crippen LogP contribution in [0.5, 0.6) is 11.5 Å². The van der Waals surface area contributed by atoms with Crippen LogP contribution in [-0.2, 0) is 9.59 Å². The van der Waals surface area contributed by atoms with Gasteiger partial charge in [0.2, 0.25) is 5.91 Å². The number of thiocarbonyl (C=S) groups is 1. The number of nitrogens with one attached hydrogen (secondary N) is 3. The molecule has 0 unspecified atom stereocenters. The van der Waals surface area contributed by atoms with Crippen molar-refractivity contribution in [1.82, 2.24) is 16.2 Å². The Hall–Kier alpha value is -3.33. The zero-order valence-corrected chi connectivity index (χ0v) is 14.7. The van der Waals surface area contributed by atoms with Crippen LogP contribution in [0, 0.1) is 0 Å². The Balaban J connectivity index is 1.66. The smallest absolute Gasteiger partial charge is 0.276 e. The van der Waals surface area contributed by atoms with Crippen molar-refractivity contribution in [3.05, 3.63) is 54.5 Å². The number of ether oxygens (including phenoxy) is 2. The molecule has 0 aliphatic rings. The minimum atomic E-state index is -0.470. The third kappa shape index (κ3) is 6.65. The van der Waals surface area contributed by atoms with E-state index in [9.17, 15) is 9.59 Å². The van der Waals surface area contributed by atoms with E-state index in [4.69, 9.17) is 26.1 Å². The zero-order valence-electron chi connectivity index (χ0n) is 13.9. The van der Waals surface area contributed by atoms with Gasteiger partial charge in [-0.3, -0.25) is 25.8 Å². The van der Waals surface area contributed by atoms with Crippen molar-refractivity contribution in [3.8, 4) is 11.5 Å². The van der Waals surface area contributed by atoms with Gasteiger partial charge in [0.25, 0.3) is 5.91 Å². The van der Waals surface area contributed by atoms with Gasteiger partial charge < -0.3 is 13.9 Å². The molecular formula is C17H17N3O5S. The Morgan fingerprint density at radius 1 is 1.15 bits per heavy atom. The standard InChI is InChI=1S/C17H17N3O5S/c1-23-12-4-6-14(7-5-12)25-11-16(22)19-20-17(26)18-15(21)9-8-13-3-2-10-24-13/h2-10H,11H2,1H3,(H,19,22)(H2,18,20,21,26)/b9-8+. The van der Waals surface area contributed by atoms with Crippen molar-refractivity contribution >= 4 is 35.2 Å². The van der Waals surface area contributed by atoms with Gasteiger partial charge in [0.15, 0.2) is 11.7 Å². The van der Waals surface area contributed by atoms with E-state index in [0.717, 1.165) is 0 Å². The molecule has 1 heterocycles. The second-order valence-electron chi connectivity index (χ2n) is 4.80. The number of benzene rings is 1. The van der Waals surface area contributed by atoms with Crippen molar-refractivity contribution in [2.45, 2.75) is 0 Å². The van der Waals surface area contributed by atoms with E-state index in [0.29, 0.717) is 17.3 Å². The Morgan fingerprint density at radius 2 is 1.88 bits per heavy atom. The SMILES string of the molecule is COc1ccc(OCC(=O)NNC(=S)NC(=O)/C=C/c2ccco2)cc1. The summed E-state index contributed by atoms with van der Waals surface area (Å²) >= 11 is 4.90. The number of methoxy groups -OCH3 is 1. The van der Waals surface area contributed by atoms with E-state index in [1.807, 2.05) is 0 Å². The Bertz CT molecular complexity index is 772. The van der Waals surface area contributed by atoms with Crippen LogP contribution >= 0.6 is 12.2 Å². The second-order valence-corrected chi connectivity index (χ2v) is 5.21. The molecule has 2 amide bonds. The molecule has 0 radical (unpaired) electrons. The fourth-order valence-corrected chi connectivity index (χ4v) is 1.86. The molecule has 26 heavy (non-hydrogen) atoms. The maximum Gasteiger partial charge on any atom is 0.276 e. The molecule has 0 fully saturated rings. The van der Waals surface area contributed by atoms with Gasteiger partial charge in [0.1, 0.15) is 17.3 Å². The predicted molar refractivity (Wildman–Crippen MR) is 98.3 cm³/mol. The molecule has 0 atom stereocenters. The molecule has 1 aromatic heterocycles. The number of hydrogen-bond donors (Lipinski definition) is 3. The third-order valence-corrected chi connectivity index (χ3v) is 3.13. The lowest BCUT2D eigenvalue weighted by Crippen LogP contribution is -2.49. The highest BCUT2D eigenvalue weighted by atomic mass is 32.1. The van der Waals surface area contributed by atoms with E-state index in [1.165, 1.54) is 18.4 Å². The van der Waals surface area contributed by atoms with Crippen molar-refractivity contribution in [2.75, 3.05) is 13.7 Å². The lowest BCUT2D eigenvalue weighted by Gasteiger charge is -2.10. The molecule has 0 aliphatic carbocycles. The summed E-state index contributed by atoms with van der Waals surface area (Å²) in [6, 6.07) is 10.2. The number of carbonyl (C=O) groups excluding carboxylic acids is 2. The molecular weight excluding hydrogens is 358 g/mol. The molecule has 2 rings (SSSR count). The van der Waals surface area contributed by atoms with Gasteiger partial charge in [0, 0.05) is 6.08 Å².